The lowest BCUT2D eigenvalue weighted by Gasteiger charge is -1.94. The van der Waals surface area contributed by atoms with Gasteiger partial charge in [0, 0.05) is 13.2 Å². The molecule has 0 aliphatic carbocycles. The zero-order valence-electron chi connectivity index (χ0n) is 9.07. The SMILES string of the molecule is CC.Cc1cc2c(nn1)c(N)cn2C. The summed E-state index contributed by atoms with van der Waals surface area (Å²) in [6.07, 6.45) is 1.85. The van der Waals surface area contributed by atoms with Gasteiger partial charge >= 0.3 is 0 Å². The average Bonchev–Trinajstić information content (AvgIpc) is 2.46. The molecule has 0 saturated heterocycles. The van der Waals surface area contributed by atoms with Gasteiger partial charge in [-0.05, 0) is 13.0 Å². The maximum atomic E-state index is 5.70. The van der Waals surface area contributed by atoms with E-state index in [4.69, 9.17) is 5.73 Å². The highest BCUT2D eigenvalue weighted by Gasteiger charge is 2.04. The predicted octanol–water partition coefficient (Wildman–Crippen LogP) is 1.89. The molecule has 2 rings (SSSR count). The zero-order chi connectivity index (χ0) is 10.7. The van der Waals surface area contributed by atoms with E-state index in [0.717, 1.165) is 16.7 Å². The molecule has 0 aromatic carbocycles. The van der Waals surface area contributed by atoms with Crippen molar-refractivity contribution in [3.8, 4) is 0 Å². The molecule has 4 heteroatoms. The maximum Gasteiger partial charge on any atom is 0.134 e. The number of nitrogens with zero attached hydrogens (tertiary/aromatic N) is 3. The lowest BCUT2D eigenvalue weighted by atomic mass is 10.3. The molecule has 0 spiro atoms. The number of fused-ring (bicyclic) bond motifs is 1. The quantitative estimate of drug-likeness (QED) is 0.693. The lowest BCUT2D eigenvalue weighted by molar-refractivity contribution is 0.954. The summed E-state index contributed by atoms with van der Waals surface area (Å²) >= 11 is 0. The Morgan fingerprint density at radius 3 is 2.57 bits per heavy atom. The van der Waals surface area contributed by atoms with Crippen LogP contribution in [0.15, 0.2) is 12.3 Å². The molecule has 2 aromatic heterocycles. The van der Waals surface area contributed by atoms with Gasteiger partial charge in [-0.25, -0.2) is 0 Å². The summed E-state index contributed by atoms with van der Waals surface area (Å²) < 4.78 is 1.95. The molecule has 0 unspecified atom stereocenters. The van der Waals surface area contributed by atoms with Crippen molar-refractivity contribution in [3.05, 3.63) is 18.0 Å². The van der Waals surface area contributed by atoms with Crippen molar-refractivity contribution in [1.82, 2.24) is 14.8 Å². The summed E-state index contributed by atoms with van der Waals surface area (Å²) in [5, 5.41) is 7.94. The Hall–Kier alpha value is -1.58. The lowest BCUT2D eigenvalue weighted by Crippen LogP contribution is -1.90. The maximum absolute atomic E-state index is 5.70. The Labute approximate surface area is 83.7 Å². The molecular formula is C10H16N4. The van der Waals surface area contributed by atoms with Crippen molar-refractivity contribution in [2.24, 2.45) is 7.05 Å². The molecule has 0 saturated carbocycles. The summed E-state index contributed by atoms with van der Waals surface area (Å²) in [6.45, 7) is 5.91. The van der Waals surface area contributed by atoms with Crippen LogP contribution >= 0.6 is 0 Å². The fourth-order valence-corrected chi connectivity index (χ4v) is 1.29. The van der Waals surface area contributed by atoms with Crippen LogP contribution in [-0.2, 0) is 7.05 Å². The molecule has 0 radical (unpaired) electrons. The minimum Gasteiger partial charge on any atom is -0.396 e. The molecule has 2 N–H and O–H groups in total. The van der Waals surface area contributed by atoms with Gasteiger partial charge in [0.1, 0.15) is 5.52 Å². The molecule has 0 bridgehead atoms. The van der Waals surface area contributed by atoms with Crippen molar-refractivity contribution < 1.29 is 0 Å². The number of rotatable bonds is 0. The molecular weight excluding hydrogens is 176 g/mol. The molecule has 0 atom stereocenters. The third-order valence-corrected chi connectivity index (χ3v) is 1.88. The van der Waals surface area contributed by atoms with Gasteiger partial charge in [0.25, 0.3) is 0 Å². The van der Waals surface area contributed by atoms with Gasteiger partial charge < -0.3 is 10.3 Å². The number of nitrogen functional groups attached to an aromatic ring is 1. The molecule has 0 aliphatic rings. The highest BCUT2D eigenvalue weighted by atomic mass is 15.1. The summed E-state index contributed by atoms with van der Waals surface area (Å²) in [7, 11) is 1.94. The van der Waals surface area contributed by atoms with E-state index in [0.29, 0.717) is 5.69 Å². The average molecular weight is 192 g/mol. The molecule has 2 aromatic rings. The fourth-order valence-electron chi connectivity index (χ4n) is 1.29. The van der Waals surface area contributed by atoms with Gasteiger partial charge in [-0.1, -0.05) is 13.8 Å². The summed E-state index contributed by atoms with van der Waals surface area (Å²) in [5.41, 5.74) is 9.10. The standard InChI is InChI=1S/C8H10N4.C2H6/c1-5-3-7-8(11-10-5)6(9)4-12(7)2;1-2/h3-4H,9H2,1-2H3;1-2H3. The third kappa shape index (κ3) is 1.69. The Balaban J connectivity index is 0.000000461. The van der Waals surface area contributed by atoms with E-state index in [2.05, 4.69) is 10.2 Å². The van der Waals surface area contributed by atoms with Crippen LogP contribution in [0.1, 0.15) is 19.5 Å². The first-order valence-corrected chi connectivity index (χ1v) is 4.73. The van der Waals surface area contributed by atoms with Gasteiger partial charge in [0.2, 0.25) is 0 Å². The van der Waals surface area contributed by atoms with Crippen molar-refractivity contribution in [2.45, 2.75) is 20.8 Å². The molecule has 2 heterocycles. The second-order valence-corrected chi connectivity index (χ2v) is 2.91. The first-order chi connectivity index (χ1) is 6.68. The van der Waals surface area contributed by atoms with Crippen LogP contribution in [0.5, 0.6) is 0 Å². The molecule has 14 heavy (non-hydrogen) atoms. The van der Waals surface area contributed by atoms with Crippen LogP contribution in [0.4, 0.5) is 5.69 Å². The normalized spacial score (nSPS) is 9.71. The molecule has 0 aliphatic heterocycles. The van der Waals surface area contributed by atoms with E-state index >= 15 is 0 Å². The summed E-state index contributed by atoms with van der Waals surface area (Å²) in [5.74, 6) is 0. The number of hydrogen-bond donors (Lipinski definition) is 1. The van der Waals surface area contributed by atoms with Crippen LogP contribution in [0.3, 0.4) is 0 Å². The smallest absolute Gasteiger partial charge is 0.134 e. The van der Waals surface area contributed by atoms with Crippen molar-refractivity contribution in [1.29, 1.82) is 0 Å². The van der Waals surface area contributed by atoms with Crippen LogP contribution in [0.2, 0.25) is 0 Å². The van der Waals surface area contributed by atoms with Gasteiger partial charge in [-0.3, -0.25) is 0 Å². The minimum atomic E-state index is 0.681. The van der Waals surface area contributed by atoms with E-state index < -0.39 is 0 Å². The monoisotopic (exact) mass is 192 g/mol. The molecule has 4 nitrogen and oxygen atoms in total. The Morgan fingerprint density at radius 2 is 1.93 bits per heavy atom. The highest BCUT2D eigenvalue weighted by molar-refractivity contribution is 5.87. The van der Waals surface area contributed by atoms with Gasteiger partial charge in [0.05, 0.1) is 16.9 Å². The van der Waals surface area contributed by atoms with Crippen LogP contribution < -0.4 is 5.73 Å². The first kappa shape index (κ1) is 10.5. The fraction of sp³-hybridized carbons (Fsp3) is 0.400. The van der Waals surface area contributed by atoms with Crippen molar-refractivity contribution in [3.63, 3.8) is 0 Å². The first-order valence-electron chi connectivity index (χ1n) is 4.73. The largest absolute Gasteiger partial charge is 0.396 e. The second kappa shape index (κ2) is 4.09. The van der Waals surface area contributed by atoms with Crippen LogP contribution in [0, 0.1) is 6.92 Å². The summed E-state index contributed by atoms with van der Waals surface area (Å²) in [4.78, 5) is 0. The number of aryl methyl sites for hydroxylation is 2. The Kier molecular flexibility index (Phi) is 3.06. The second-order valence-electron chi connectivity index (χ2n) is 2.91. The van der Waals surface area contributed by atoms with E-state index in [-0.39, 0.29) is 0 Å². The third-order valence-electron chi connectivity index (χ3n) is 1.88. The summed E-state index contributed by atoms with van der Waals surface area (Å²) in [6, 6.07) is 1.97. The minimum absolute atomic E-state index is 0.681. The van der Waals surface area contributed by atoms with Gasteiger partial charge in [-0.2, -0.15) is 5.10 Å². The number of aromatic nitrogens is 3. The molecule has 0 amide bonds. The Morgan fingerprint density at radius 1 is 1.29 bits per heavy atom. The van der Waals surface area contributed by atoms with Crippen LogP contribution in [0.25, 0.3) is 11.0 Å². The van der Waals surface area contributed by atoms with E-state index in [1.54, 1.807) is 0 Å². The zero-order valence-corrected chi connectivity index (χ0v) is 9.07. The topological polar surface area (TPSA) is 56.7 Å². The highest BCUT2D eigenvalue weighted by Crippen LogP contribution is 2.19. The molecule has 0 fully saturated rings. The van der Waals surface area contributed by atoms with E-state index in [1.807, 2.05) is 44.6 Å². The number of hydrogen-bond acceptors (Lipinski definition) is 3. The van der Waals surface area contributed by atoms with Crippen molar-refractivity contribution >= 4 is 16.7 Å². The van der Waals surface area contributed by atoms with Crippen LogP contribution in [-0.4, -0.2) is 14.8 Å². The predicted molar refractivity (Wildman–Crippen MR) is 59.0 cm³/mol. The van der Waals surface area contributed by atoms with Crippen molar-refractivity contribution in [2.75, 3.05) is 5.73 Å². The van der Waals surface area contributed by atoms with E-state index in [1.165, 1.54) is 0 Å². The van der Waals surface area contributed by atoms with Gasteiger partial charge in [0.15, 0.2) is 0 Å². The Bertz CT molecular complexity index is 431. The number of anilines is 1. The molecule has 76 valence electrons. The van der Waals surface area contributed by atoms with Gasteiger partial charge in [-0.15, -0.1) is 5.10 Å². The number of nitrogens with two attached hydrogens (primary N) is 1. The van der Waals surface area contributed by atoms with E-state index in [9.17, 15) is 0 Å².